The minimum Gasteiger partial charge on any atom is -0.360 e. The van der Waals surface area contributed by atoms with E-state index in [1.165, 1.54) is 6.07 Å². The second-order valence-electron chi connectivity index (χ2n) is 4.72. The summed E-state index contributed by atoms with van der Waals surface area (Å²) in [6, 6.07) is 2.71. The third-order valence-corrected chi connectivity index (χ3v) is 4.09. The van der Waals surface area contributed by atoms with Crippen molar-refractivity contribution in [3.8, 4) is 0 Å². The molecule has 7 nitrogen and oxygen atoms in total. The number of carbonyl (C=O) groups excluding carboxylic acids is 1. The van der Waals surface area contributed by atoms with Crippen molar-refractivity contribution < 1.29 is 30.9 Å². The van der Waals surface area contributed by atoms with E-state index in [9.17, 15) is 26.4 Å². The average molecular weight is 363 g/mol. The maximum absolute atomic E-state index is 13.4. The number of aromatic nitrogens is 1. The van der Waals surface area contributed by atoms with Crippen LogP contribution in [-0.2, 0) is 10.0 Å². The van der Waals surface area contributed by atoms with Gasteiger partial charge in [-0.15, -0.1) is 0 Å². The summed E-state index contributed by atoms with van der Waals surface area (Å²) in [7, 11) is -3.84. The van der Waals surface area contributed by atoms with Crippen LogP contribution in [0.15, 0.2) is 22.7 Å². The second kappa shape index (κ2) is 6.91. The fourth-order valence-corrected chi connectivity index (χ4v) is 2.61. The lowest BCUT2D eigenvalue weighted by molar-refractivity contribution is 0.0951. The van der Waals surface area contributed by atoms with Crippen LogP contribution in [0.2, 0.25) is 0 Å². The number of halogens is 3. The molecule has 1 aromatic carbocycles. The first kappa shape index (κ1) is 17.8. The van der Waals surface area contributed by atoms with E-state index in [2.05, 4.69) is 15.2 Å². The van der Waals surface area contributed by atoms with Crippen molar-refractivity contribution in [2.24, 2.45) is 0 Å². The van der Waals surface area contributed by atoms with Crippen molar-refractivity contribution in [2.75, 3.05) is 17.0 Å². The van der Waals surface area contributed by atoms with E-state index < -0.39 is 44.7 Å². The molecule has 0 aliphatic heterocycles. The first-order chi connectivity index (χ1) is 11.2. The normalized spacial score (nSPS) is 11.3. The molecule has 2 rings (SSSR count). The molecule has 130 valence electrons. The number of sulfonamides is 1. The van der Waals surface area contributed by atoms with Gasteiger partial charge in [0.15, 0.2) is 23.3 Å². The standard InChI is InChI=1S/C13H12F3N3O4S/c1-7-6-10(18-23-7)19-24(21,22)5-4-17-13(20)8-2-3-9(14)12(16)11(8)15/h2-3,6H,4-5H2,1H3,(H,17,20)(H,18,19). The summed E-state index contributed by atoms with van der Waals surface area (Å²) in [5.41, 5.74) is -0.730. The Labute approximate surface area is 134 Å². The van der Waals surface area contributed by atoms with Gasteiger partial charge in [0, 0.05) is 12.6 Å². The zero-order valence-electron chi connectivity index (χ0n) is 12.3. The maximum Gasteiger partial charge on any atom is 0.254 e. The quantitative estimate of drug-likeness (QED) is 0.759. The van der Waals surface area contributed by atoms with Crippen LogP contribution in [0.4, 0.5) is 19.0 Å². The third kappa shape index (κ3) is 4.25. The zero-order chi connectivity index (χ0) is 17.9. The van der Waals surface area contributed by atoms with Crippen LogP contribution in [0.5, 0.6) is 0 Å². The largest absolute Gasteiger partial charge is 0.360 e. The molecule has 0 aliphatic carbocycles. The van der Waals surface area contributed by atoms with Crippen LogP contribution < -0.4 is 10.0 Å². The molecule has 11 heteroatoms. The molecule has 0 atom stereocenters. The Hall–Kier alpha value is -2.56. The molecule has 0 aliphatic rings. The first-order valence-electron chi connectivity index (χ1n) is 6.55. The Balaban J connectivity index is 1.94. The molecule has 0 saturated heterocycles. The van der Waals surface area contributed by atoms with Gasteiger partial charge in [-0.25, -0.2) is 21.6 Å². The van der Waals surface area contributed by atoms with Gasteiger partial charge in [-0.1, -0.05) is 5.16 Å². The molecule has 0 bridgehead atoms. The lowest BCUT2D eigenvalue weighted by Gasteiger charge is -2.08. The van der Waals surface area contributed by atoms with Crippen LogP contribution in [-0.4, -0.2) is 31.8 Å². The number of hydrogen-bond donors (Lipinski definition) is 2. The molecule has 0 fully saturated rings. The Bertz CT molecular complexity index is 867. The van der Waals surface area contributed by atoms with E-state index in [1.54, 1.807) is 6.92 Å². The van der Waals surface area contributed by atoms with E-state index in [4.69, 9.17) is 4.52 Å². The number of nitrogens with zero attached hydrogens (tertiary/aromatic N) is 1. The van der Waals surface area contributed by atoms with Gasteiger partial charge in [0.1, 0.15) is 5.76 Å². The molecule has 1 heterocycles. The van der Waals surface area contributed by atoms with Gasteiger partial charge in [0.25, 0.3) is 5.91 Å². The Kier molecular flexibility index (Phi) is 5.12. The average Bonchev–Trinajstić information content (AvgIpc) is 2.88. The molecule has 0 spiro atoms. The van der Waals surface area contributed by atoms with Gasteiger partial charge in [0.05, 0.1) is 11.3 Å². The molecule has 2 aromatic rings. The van der Waals surface area contributed by atoms with Gasteiger partial charge in [-0.3, -0.25) is 9.52 Å². The molecule has 1 aromatic heterocycles. The zero-order valence-corrected chi connectivity index (χ0v) is 13.1. The Morgan fingerprint density at radius 1 is 1.25 bits per heavy atom. The van der Waals surface area contributed by atoms with Crippen molar-refractivity contribution in [1.82, 2.24) is 10.5 Å². The van der Waals surface area contributed by atoms with Crippen LogP contribution in [0.25, 0.3) is 0 Å². The number of nitrogens with one attached hydrogen (secondary N) is 2. The van der Waals surface area contributed by atoms with Crippen molar-refractivity contribution in [3.63, 3.8) is 0 Å². The summed E-state index contributed by atoms with van der Waals surface area (Å²) < 4.78 is 69.6. The lowest BCUT2D eigenvalue weighted by atomic mass is 10.2. The van der Waals surface area contributed by atoms with Crippen molar-refractivity contribution in [3.05, 3.63) is 47.0 Å². The van der Waals surface area contributed by atoms with Crippen LogP contribution in [0, 0.1) is 24.4 Å². The number of anilines is 1. The number of carbonyl (C=O) groups is 1. The fraction of sp³-hybridized carbons (Fsp3) is 0.231. The Morgan fingerprint density at radius 2 is 1.96 bits per heavy atom. The number of benzene rings is 1. The molecular formula is C13H12F3N3O4S. The highest BCUT2D eigenvalue weighted by Gasteiger charge is 2.19. The predicted molar refractivity (Wildman–Crippen MR) is 77.3 cm³/mol. The van der Waals surface area contributed by atoms with Crippen molar-refractivity contribution in [1.29, 1.82) is 0 Å². The second-order valence-corrected chi connectivity index (χ2v) is 6.56. The predicted octanol–water partition coefficient (Wildman–Crippen LogP) is 1.57. The van der Waals surface area contributed by atoms with Gasteiger partial charge < -0.3 is 9.84 Å². The van der Waals surface area contributed by atoms with Crippen LogP contribution in [0.1, 0.15) is 16.1 Å². The first-order valence-corrected chi connectivity index (χ1v) is 8.20. The number of rotatable bonds is 6. The summed E-state index contributed by atoms with van der Waals surface area (Å²) in [6.45, 7) is 1.19. The van der Waals surface area contributed by atoms with E-state index >= 15 is 0 Å². The third-order valence-electron chi connectivity index (χ3n) is 2.82. The SMILES string of the molecule is Cc1cc(NS(=O)(=O)CCNC(=O)c2ccc(F)c(F)c2F)no1. The van der Waals surface area contributed by atoms with E-state index in [1.807, 2.05) is 0 Å². The van der Waals surface area contributed by atoms with Crippen molar-refractivity contribution >= 4 is 21.7 Å². The number of aryl methyl sites for hydroxylation is 1. The van der Waals surface area contributed by atoms with Gasteiger partial charge in [-0.05, 0) is 19.1 Å². The summed E-state index contributed by atoms with van der Waals surface area (Å²) in [6.07, 6.45) is 0. The smallest absolute Gasteiger partial charge is 0.254 e. The molecule has 0 radical (unpaired) electrons. The highest BCUT2D eigenvalue weighted by Crippen LogP contribution is 2.15. The topological polar surface area (TPSA) is 101 Å². The molecule has 0 unspecified atom stereocenters. The molecule has 1 amide bonds. The van der Waals surface area contributed by atoms with Gasteiger partial charge in [0.2, 0.25) is 10.0 Å². The lowest BCUT2D eigenvalue weighted by Crippen LogP contribution is -2.32. The van der Waals surface area contributed by atoms with Crippen molar-refractivity contribution in [2.45, 2.75) is 6.92 Å². The number of amides is 1. The highest BCUT2D eigenvalue weighted by atomic mass is 32.2. The summed E-state index contributed by atoms with van der Waals surface area (Å²) in [4.78, 5) is 11.7. The molecular weight excluding hydrogens is 351 g/mol. The van der Waals surface area contributed by atoms with Crippen LogP contribution in [0.3, 0.4) is 0 Å². The Morgan fingerprint density at radius 3 is 2.58 bits per heavy atom. The molecule has 0 saturated carbocycles. The van der Waals surface area contributed by atoms with E-state index in [0.29, 0.717) is 11.8 Å². The summed E-state index contributed by atoms with van der Waals surface area (Å²) in [5.74, 6) is -6.10. The molecule has 2 N–H and O–H groups in total. The van der Waals surface area contributed by atoms with E-state index in [-0.39, 0.29) is 12.4 Å². The highest BCUT2D eigenvalue weighted by molar-refractivity contribution is 7.92. The minimum absolute atomic E-state index is 0.0227. The minimum atomic E-state index is -3.84. The summed E-state index contributed by atoms with van der Waals surface area (Å²) in [5, 5.41) is 5.54. The fourth-order valence-electron chi connectivity index (χ4n) is 1.72. The van der Waals surface area contributed by atoms with Gasteiger partial charge >= 0.3 is 0 Å². The van der Waals surface area contributed by atoms with Crippen LogP contribution >= 0.6 is 0 Å². The monoisotopic (exact) mass is 363 g/mol. The van der Waals surface area contributed by atoms with Gasteiger partial charge in [-0.2, -0.15) is 0 Å². The van der Waals surface area contributed by atoms with E-state index in [0.717, 1.165) is 6.07 Å². The summed E-state index contributed by atoms with van der Waals surface area (Å²) >= 11 is 0. The maximum atomic E-state index is 13.4. The molecule has 24 heavy (non-hydrogen) atoms. The number of hydrogen-bond acceptors (Lipinski definition) is 5.